The number of carbonyl (C=O) groups is 1. The van der Waals surface area contributed by atoms with Crippen LogP contribution in [0.15, 0.2) is 29.7 Å². The van der Waals surface area contributed by atoms with E-state index in [2.05, 4.69) is 11.9 Å². The maximum atomic E-state index is 13.5. The largest absolute Gasteiger partial charge is 0.481 e. The van der Waals surface area contributed by atoms with Gasteiger partial charge >= 0.3 is 0 Å². The molecular formula is C11H12F2N2O4S. The fourth-order valence-corrected chi connectivity index (χ4v) is 1.82. The highest BCUT2D eigenvalue weighted by Gasteiger charge is 2.21. The van der Waals surface area contributed by atoms with Crippen molar-refractivity contribution in [2.45, 2.75) is 4.90 Å². The number of sulfonamides is 1. The summed E-state index contributed by atoms with van der Waals surface area (Å²) < 4.78 is 53.6. The number of rotatable bonds is 6. The summed E-state index contributed by atoms with van der Waals surface area (Å²) in [6.07, 6.45) is 1.43. The molecule has 1 amide bonds. The van der Waals surface area contributed by atoms with E-state index in [1.807, 2.05) is 0 Å². The molecule has 1 aromatic carbocycles. The number of ether oxygens (including phenoxy) is 1. The van der Waals surface area contributed by atoms with E-state index in [1.54, 1.807) is 0 Å². The van der Waals surface area contributed by atoms with Gasteiger partial charge in [0.05, 0.1) is 0 Å². The number of hydrogen-bond donors (Lipinski definition) is 2. The number of carbonyl (C=O) groups excluding carboxylic acids is 1. The summed E-state index contributed by atoms with van der Waals surface area (Å²) >= 11 is 0. The van der Waals surface area contributed by atoms with Crippen molar-refractivity contribution in [2.75, 3.05) is 13.2 Å². The standard InChI is InChI=1S/C11H12F2N2O4S/c1-2-5-15-9(16)6-19-7-3-4-8(20(14,17)18)11(13)10(7)12/h2-4H,1,5-6H2,(H,15,16)(H2,14,17,18). The van der Waals surface area contributed by atoms with Crippen molar-refractivity contribution in [3.05, 3.63) is 36.4 Å². The Hall–Kier alpha value is -2.00. The van der Waals surface area contributed by atoms with Crippen molar-refractivity contribution in [3.8, 4) is 5.75 Å². The van der Waals surface area contributed by atoms with E-state index in [-0.39, 0.29) is 6.54 Å². The van der Waals surface area contributed by atoms with Gasteiger partial charge in [-0.25, -0.2) is 17.9 Å². The molecule has 1 rings (SSSR count). The highest BCUT2D eigenvalue weighted by atomic mass is 32.2. The van der Waals surface area contributed by atoms with Crippen LogP contribution < -0.4 is 15.2 Å². The molecule has 1 aromatic rings. The minimum atomic E-state index is -4.38. The second-order valence-corrected chi connectivity index (χ2v) is 5.15. The summed E-state index contributed by atoms with van der Waals surface area (Å²) in [4.78, 5) is 10.2. The Morgan fingerprint density at radius 1 is 1.40 bits per heavy atom. The summed E-state index contributed by atoms with van der Waals surface area (Å²) in [5.74, 6) is -4.35. The molecule has 9 heteroatoms. The van der Waals surface area contributed by atoms with Crippen LogP contribution in [0.25, 0.3) is 0 Å². The molecular weight excluding hydrogens is 294 g/mol. The lowest BCUT2D eigenvalue weighted by molar-refractivity contribution is -0.122. The summed E-state index contributed by atoms with van der Waals surface area (Å²) in [6.45, 7) is 3.02. The zero-order valence-electron chi connectivity index (χ0n) is 10.2. The number of primary sulfonamides is 1. The van der Waals surface area contributed by atoms with E-state index >= 15 is 0 Å². The van der Waals surface area contributed by atoms with Crippen LogP contribution in [0.1, 0.15) is 0 Å². The van der Waals surface area contributed by atoms with Gasteiger partial charge in [0.1, 0.15) is 4.90 Å². The van der Waals surface area contributed by atoms with Crippen LogP contribution in [0.5, 0.6) is 5.75 Å². The van der Waals surface area contributed by atoms with Crippen molar-refractivity contribution in [1.82, 2.24) is 5.32 Å². The van der Waals surface area contributed by atoms with Gasteiger partial charge in [-0.15, -0.1) is 6.58 Å². The summed E-state index contributed by atoms with van der Waals surface area (Å²) in [7, 11) is -4.38. The van der Waals surface area contributed by atoms with Gasteiger partial charge in [0.25, 0.3) is 5.91 Å². The van der Waals surface area contributed by atoms with Crippen molar-refractivity contribution < 1.29 is 26.7 Å². The molecule has 0 fully saturated rings. The SMILES string of the molecule is C=CCNC(=O)COc1ccc(S(N)(=O)=O)c(F)c1F. The zero-order chi connectivity index (χ0) is 15.3. The van der Waals surface area contributed by atoms with Crippen molar-refractivity contribution >= 4 is 15.9 Å². The molecule has 110 valence electrons. The number of hydrogen-bond acceptors (Lipinski definition) is 4. The predicted molar refractivity (Wildman–Crippen MR) is 66.4 cm³/mol. The second-order valence-electron chi connectivity index (χ2n) is 3.62. The van der Waals surface area contributed by atoms with E-state index in [4.69, 9.17) is 9.88 Å². The normalized spacial score (nSPS) is 10.9. The fraction of sp³-hybridized carbons (Fsp3) is 0.182. The fourth-order valence-electron chi connectivity index (χ4n) is 1.23. The zero-order valence-corrected chi connectivity index (χ0v) is 11.0. The molecule has 0 heterocycles. The first-order valence-electron chi connectivity index (χ1n) is 5.28. The van der Waals surface area contributed by atoms with Crippen LogP contribution in [0.3, 0.4) is 0 Å². The lowest BCUT2D eigenvalue weighted by Crippen LogP contribution is -2.29. The third-order valence-electron chi connectivity index (χ3n) is 2.12. The third kappa shape index (κ3) is 4.00. The molecule has 0 unspecified atom stereocenters. The minimum absolute atomic E-state index is 0.198. The molecule has 0 aliphatic rings. The lowest BCUT2D eigenvalue weighted by atomic mass is 10.3. The first kappa shape index (κ1) is 16.1. The number of halogens is 2. The first-order valence-corrected chi connectivity index (χ1v) is 6.83. The van der Waals surface area contributed by atoms with Gasteiger partial charge in [-0.1, -0.05) is 6.08 Å². The van der Waals surface area contributed by atoms with E-state index < -0.39 is 44.8 Å². The van der Waals surface area contributed by atoms with E-state index in [0.29, 0.717) is 0 Å². The highest BCUT2D eigenvalue weighted by molar-refractivity contribution is 7.89. The molecule has 0 spiro atoms. The molecule has 20 heavy (non-hydrogen) atoms. The molecule has 0 aliphatic heterocycles. The molecule has 0 radical (unpaired) electrons. The van der Waals surface area contributed by atoms with Crippen LogP contribution in [-0.4, -0.2) is 27.5 Å². The summed E-state index contributed by atoms with van der Waals surface area (Å²) in [5.41, 5.74) is 0. The lowest BCUT2D eigenvalue weighted by Gasteiger charge is -2.09. The Labute approximate surface area is 114 Å². The molecule has 0 saturated heterocycles. The number of nitrogens with two attached hydrogens (primary N) is 1. The molecule has 0 aromatic heterocycles. The van der Waals surface area contributed by atoms with Crippen molar-refractivity contribution in [3.63, 3.8) is 0 Å². The van der Waals surface area contributed by atoms with Crippen LogP contribution >= 0.6 is 0 Å². The van der Waals surface area contributed by atoms with Gasteiger partial charge in [-0.05, 0) is 12.1 Å². The maximum absolute atomic E-state index is 13.5. The molecule has 0 bridgehead atoms. The number of nitrogens with one attached hydrogen (secondary N) is 1. The highest BCUT2D eigenvalue weighted by Crippen LogP contribution is 2.24. The van der Waals surface area contributed by atoms with E-state index in [1.165, 1.54) is 6.08 Å². The van der Waals surface area contributed by atoms with Gasteiger partial charge in [0.15, 0.2) is 18.2 Å². The molecule has 0 atom stereocenters. The Morgan fingerprint density at radius 3 is 2.60 bits per heavy atom. The van der Waals surface area contributed by atoms with Crippen LogP contribution in [-0.2, 0) is 14.8 Å². The Kier molecular flexibility index (Phi) is 5.17. The molecule has 6 nitrogen and oxygen atoms in total. The quantitative estimate of drug-likeness (QED) is 0.738. The van der Waals surface area contributed by atoms with Gasteiger partial charge in [0, 0.05) is 6.54 Å². The number of benzene rings is 1. The summed E-state index contributed by atoms with van der Waals surface area (Å²) in [5, 5.41) is 7.06. The molecule has 0 saturated carbocycles. The van der Waals surface area contributed by atoms with Crippen LogP contribution in [0, 0.1) is 11.6 Å². The smallest absolute Gasteiger partial charge is 0.258 e. The third-order valence-corrected chi connectivity index (χ3v) is 3.05. The Bertz CT molecular complexity index is 632. The predicted octanol–water partition coefficient (Wildman–Crippen LogP) is 0.293. The Morgan fingerprint density at radius 2 is 2.05 bits per heavy atom. The average molecular weight is 306 g/mol. The van der Waals surface area contributed by atoms with Gasteiger partial charge in [0.2, 0.25) is 15.8 Å². The Balaban J connectivity index is 2.86. The first-order chi connectivity index (χ1) is 9.27. The summed E-state index contributed by atoms with van der Waals surface area (Å²) in [6, 6.07) is 1.63. The van der Waals surface area contributed by atoms with Gasteiger partial charge in [-0.2, -0.15) is 4.39 Å². The second kappa shape index (κ2) is 6.44. The monoisotopic (exact) mass is 306 g/mol. The maximum Gasteiger partial charge on any atom is 0.258 e. The molecule has 3 N–H and O–H groups in total. The van der Waals surface area contributed by atoms with E-state index in [9.17, 15) is 22.0 Å². The van der Waals surface area contributed by atoms with E-state index in [0.717, 1.165) is 12.1 Å². The van der Waals surface area contributed by atoms with Crippen LogP contribution in [0.2, 0.25) is 0 Å². The van der Waals surface area contributed by atoms with Crippen LogP contribution in [0.4, 0.5) is 8.78 Å². The van der Waals surface area contributed by atoms with Gasteiger partial charge in [-0.3, -0.25) is 4.79 Å². The topological polar surface area (TPSA) is 98.5 Å². The minimum Gasteiger partial charge on any atom is -0.481 e. The van der Waals surface area contributed by atoms with Gasteiger partial charge < -0.3 is 10.1 Å². The number of amides is 1. The van der Waals surface area contributed by atoms with Crippen molar-refractivity contribution in [2.24, 2.45) is 5.14 Å². The molecule has 0 aliphatic carbocycles. The average Bonchev–Trinajstić information content (AvgIpc) is 2.36. The van der Waals surface area contributed by atoms with Crippen molar-refractivity contribution in [1.29, 1.82) is 0 Å².